The molecule has 0 bridgehead atoms. The van der Waals surface area contributed by atoms with Gasteiger partial charge in [0.15, 0.2) is 11.6 Å². The first-order chi connectivity index (χ1) is 13.5. The monoisotopic (exact) mass is 407 g/mol. The van der Waals surface area contributed by atoms with Crippen molar-refractivity contribution in [2.45, 2.75) is 30.7 Å². The highest BCUT2D eigenvalue weighted by atomic mass is 19.4. The highest BCUT2D eigenvalue weighted by molar-refractivity contribution is 6.21. The second kappa shape index (κ2) is 5.28. The van der Waals surface area contributed by atoms with Gasteiger partial charge in [0.05, 0.1) is 16.5 Å². The minimum absolute atomic E-state index is 0.127. The number of hydrogen-bond donors (Lipinski definition) is 0. The molecule has 29 heavy (non-hydrogen) atoms. The van der Waals surface area contributed by atoms with E-state index in [4.69, 9.17) is 4.74 Å². The number of fused-ring (bicyclic) bond motifs is 4. The van der Waals surface area contributed by atoms with Gasteiger partial charge in [0.2, 0.25) is 0 Å². The van der Waals surface area contributed by atoms with Gasteiger partial charge in [0, 0.05) is 24.6 Å². The zero-order valence-corrected chi connectivity index (χ0v) is 15.0. The molecule has 150 valence electrons. The molecule has 0 N–H and O–H groups in total. The molecule has 0 saturated heterocycles. The molecule has 2 heterocycles. The van der Waals surface area contributed by atoms with Gasteiger partial charge in [0.1, 0.15) is 11.4 Å². The average molecular weight is 407 g/mol. The molecule has 2 aromatic rings. The Morgan fingerprint density at radius 2 is 1.76 bits per heavy atom. The lowest BCUT2D eigenvalue weighted by molar-refractivity contribution is -0.274. The van der Waals surface area contributed by atoms with Crippen molar-refractivity contribution in [1.82, 2.24) is 4.90 Å². The van der Waals surface area contributed by atoms with E-state index in [-0.39, 0.29) is 29.0 Å². The smallest absolute Gasteiger partial charge is 0.483 e. The van der Waals surface area contributed by atoms with Crippen LogP contribution in [0.5, 0.6) is 11.5 Å². The van der Waals surface area contributed by atoms with Crippen LogP contribution < -0.4 is 9.47 Å². The van der Waals surface area contributed by atoms with Crippen molar-refractivity contribution in [3.63, 3.8) is 0 Å². The molecule has 2 aliphatic heterocycles. The SMILES string of the molecule is CC12CC1(CN1C(=O)c3ccccc3C1=O)c1cc(OC(F)(F)F)cc(F)c1O2. The number of imide groups is 1. The van der Waals surface area contributed by atoms with E-state index in [2.05, 4.69) is 4.74 Å². The van der Waals surface area contributed by atoms with E-state index in [1.54, 1.807) is 19.1 Å². The molecular weight excluding hydrogens is 394 g/mol. The molecule has 0 radical (unpaired) electrons. The molecule has 5 nitrogen and oxygen atoms in total. The molecule has 0 spiro atoms. The number of carbonyl (C=O) groups is 2. The van der Waals surface area contributed by atoms with E-state index in [1.807, 2.05) is 0 Å². The fourth-order valence-corrected chi connectivity index (χ4v) is 4.45. The third-order valence-corrected chi connectivity index (χ3v) is 5.93. The lowest BCUT2D eigenvalue weighted by Crippen LogP contribution is -2.39. The van der Waals surface area contributed by atoms with E-state index < -0.39 is 40.8 Å². The molecule has 9 heteroatoms. The molecular formula is C20H13F4NO4. The van der Waals surface area contributed by atoms with Crippen molar-refractivity contribution in [3.8, 4) is 11.5 Å². The Morgan fingerprint density at radius 3 is 2.34 bits per heavy atom. The predicted molar refractivity (Wildman–Crippen MR) is 90.2 cm³/mol. The van der Waals surface area contributed by atoms with Gasteiger partial charge >= 0.3 is 6.36 Å². The Morgan fingerprint density at radius 1 is 1.14 bits per heavy atom. The first kappa shape index (κ1) is 18.0. The van der Waals surface area contributed by atoms with Gasteiger partial charge in [-0.1, -0.05) is 12.1 Å². The minimum atomic E-state index is -4.98. The Balaban J connectivity index is 1.54. The summed E-state index contributed by atoms with van der Waals surface area (Å²) in [5, 5.41) is 0. The van der Waals surface area contributed by atoms with Gasteiger partial charge in [-0.15, -0.1) is 13.2 Å². The molecule has 5 rings (SSSR count). The van der Waals surface area contributed by atoms with Gasteiger partial charge in [-0.25, -0.2) is 4.39 Å². The zero-order chi connectivity index (χ0) is 20.8. The summed E-state index contributed by atoms with van der Waals surface area (Å²) in [7, 11) is 0. The summed E-state index contributed by atoms with van der Waals surface area (Å²) >= 11 is 0. The summed E-state index contributed by atoms with van der Waals surface area (Å²) < 4.78 is 61.8. The fourth-order valence-electron chi connectivity index (χ4n) is 4.45. The lowest BCUT2D eigenvalue weighted by atomic mass is 9.92. The van der Waals surface area contributed by atoms with Crippen LogP contribution in [0.4, 0.5) is 17.6 Å². The number of amides is 2. The number of nitrogens with zero attached hydrogens (tertiary/aromatic N) is 1. The fraction of sp³-hybridized carbons (Fsp3) is 0.300. The van der Waals surface area contributed by atoms with E-state index in [0.29, 0.717) is 12.5 Å². The van der Waals surface area contributed by atoms with E-state index in [0.717, 1.165) is 11.0 Å². The first-order valence-electron chi connectivity index (χ1n) is 8.79. The van der Waals surface area contributed by atoms with E-state index in [9.17, 15) is 27.2 Å². The number of benzene rings is 2. The summed E-state index contributed by atoms with van der Waals surface area (Å²) in [6, 6.07) is 8.02. The number of ether oxygens (including phenoxy) is 2. The first-order valence-corrected chi connectivity index (χ1v) is 8.79. The standard InChI is InChI=1S/C20H13F4NO4/c1-18-8-19(18,9-25-16(26)11-4-2-3-5-12(11)17(25)27)13-6-10(28-20(22,23)24)7-14(21)15(13)29-18/h2-7H,8-9H2,1H3. The van der Waals surface area contributed by atoms with Crippen LogP contribution in [0.2, 0.25) is 0 Å². The second-order valence-electron chi connectivity index (χ2n) is 7.66. The second-order valence-corrected chi connectivity index (χ2v) is 7.66. The van der Waals surface area contributed by atoms with Gasteiger partial charge < -0.3 is 9.47 Å². The molecule has 2 atom stereocenters. The number of alkyl halides is 3. The Kier molecular flexibility index (Phi) is 3.27. The van der Waals surface area contributed by atoms with Crippen LogP contribution in [0.25, 0.3) is 0 Å². The van der Waals surface area contributed by atoms with Crippen LogP contribution >= 0.6 is 0 Å². The van der Waals surface area contributed by atoms with Gasteiger partial charge in [-0.05, 0) is 25.1 Å². The summed E-state index contributed by atoms with van der Waals surface area (Å²) in [5.41, 5.74) is -1.24. The van der Waals surface area contributed by atoms with Crippen LogP contribution in [0.15, 0.2) is 36.4 Å². The van der Waals surface area contributed by atoms with E-state index in [1.165, 1.54) is 12.1 Å². The van der Waals surface area contributed by atoms with Crippen molar-refractivity contribution >= 4 is 11.8 Å². The lowest BCUT2D eigenvalue weighted by Gasteiger charge is -2.22. The Labute approximate surface area is 161 Å². The molecule has 1 aliphatic carbocycles. The van der Waals surface area contributed by atoms with Gasteiger partial charge in [-0.3, -0.25) is 14.5 Å². The zero-order valence-electron chi connectivity index (χ0n) is 15.0. The highest BCUT2D eigenvalue weighted by Crippen LogP contribution is 2.68. The Bertz CT molecular complexity index is 1060. The summed E-state index contributed by atoms with van der Waals surface area (Å²) in [6.45, 7) is 1.55. The number of rotatable bonds is 3. The van der Waals surface area contributed by atoms with Crippen molar-refractivity contribution in [2.75, 3.05) is 6.54 Å². The number of hydrogen-bond acceptors (Lipinski definition) is 4. The molecule has 0 aromatic heterocycles. The summed E-state index contributed by atoms with van der Waals surface area (Å²) in [6.07, 6.45) is -4.65. The maximum atomic E-state index is 14.4. The van der Waals surface area contributed by atoms with Crippen LogP contribution in [-0.2, 0) is 5.41 Å². The molecule has 2 amide bonds. The molecule has 1 fully saturated rings. The quantitative estimate of drug-likeness (QED) is 0.574. The number of halogens is 4. The molecule has 2 unspecified atom stereocenters. The highest BCUT2D eigenvalue weighted by Gasteiger charge is 2.74. The van der Waals surface area contributed by atoms with Crippen LogP contribution in [0, 0.1) is 5.82 Å². The summed E-state index contributed by atoms with van der Waals surface area (Å²) in [5.74, 6) is -2.87. The van der Waals surface area contributed by atoms with E-state index >= 15 is 0 Å². The van der Waals surface area contributed by atoms with Crippen molar-refractivity contribution < 1.29 is 36.6 Å². The molecule has 2 aromatic carbocycles. The predicted octanol–water partition coefficient (Wildman–Crippen LogP) is 3.81. The Hall–Kier alpha value is -3.10. The van der Waals surface area contributed by atoms with Crippen molar-refractivity contribution in [2.24, 2.45) is 0 Å². The molecule has 3 aliphatic rings. The maximum Gasteiger partial charge on any atom is 0.573 e. The third-order valence-electron chi connectivity index (χ3n) is 5.93. The normalized spacial score (nSPS) is 26.7. The van der Waals surface area contributed by atoms with Crippen LogP contribution in [-0.4, -0.2) is 35.2 Å². The topological polar surface area (TPSA) is 55.8 Å². The van der Waals surface area contributed by atoms with Crippen molar-refractivity contribution in [3.05, 3.63) is 58.9 Å². The van der Waals surface area contributed by atoms with Crippen LogP contribution in [0.3, 0.4) is 0 Å². The third kappa shape index (κ3) is 2.39. The number of carbonyl (C=O) groups excluding carboxylic acids is 2. The van der Waals surface area contributed by atoms with Gasteiger partial charge in [0.25, 0.3) is 11.8 Å². The average Bonchev–Trinajstić information content (AvgIpc) is 3.05. The minimum Gasteiger partial charge on any atom is -0.483 e. The maximum absolute atomic E-state index is 14.4. The summed E-state index contributed by atoms with van der Waals surface area (Å²) in [4.78, 5) is 26.5. The van der Waals surface area contributed by atoms with Crippen LogP contribution in [0.1, 0.15) is 39.6 Å². The molecule has 1 saturated carbocycles. The largest absolute Gasteiger partial charge is 0.573 e. The van der Waals surface area contributed by atoms with Gasteiger partial charge in [-0.2, -0.15) is 0 Å². The van der Waals surface area contributed by atoms with Crippen molar-refractivity contribution in [1.29, 1.82) is 0 Å².